The Hall–Kier alpha value is -0.0800. The van der Waals surface area contributed by atoms with Crippen LogP contribution in [-0.2, 0) is 4.74 Å². The van der Waals surface area contributed by atoms with Crippen molar-refractivity contribution in [1.82, 2.24) is 5.32 Å². The van der Waals surface area contributed by atoms with Crippen LogP contribution in [0.5, 0.6) is 0 Å². The lowest BCUT2D eigenvalue weighted by Gasteiger charge is -2.32. The summed E-state index contributed by atoms with van der Waals surface area (Å²) in [5.74, 6) is 0.975. The Morgan fingerprint density at radius 2 is 1.80 bits per heavy atom. The van der Waals surface area contributed by atoms with Crippen LogP contribution < -0.4 is 5.32 Å². The van der Waals surface area contributed by atoms with E-state index >= 15 is 0 Å². The first-order valence-electron chi connectivity index (χ1n) is 6.60. The zero-order valence-corrected chi connectivity index (χ0v) is 10.3. The molecule has 1 aliphatic carbocycles. The van der Waals surface area contributed by atoms with Gasteiger partial charge in [0.2, 0.25) is 0 Å². The van der Waals surface area contributed by atoms with Crippen LogP contribution in [0, 0.1) is 5.92 Å². The summed E-state index contributed by atoms with van der Waals surface area (Å²) in [4.78, 5) is 0. The molecule has 0 aromatic heterocycles. The van der Waals surface area contributed by atoms with Gasteiger partial charge in [-0.05, 0) is 45.4 Å². The van der Waals surface area contributed by atoms with Gasteiger partial charge < -0.3 is 10.1 Å². The Labute approximate surface area is 93.8 Å². The molecule has 88 valence electrons. The van der Waals surface area contributed by atoms with Crippen molar-refractivity contribution in [3.8, 4) is 0 Å². The lowest BCUT2D eigenvalue weighted by molar-refractivity contribution is -0.0424. The van der Waals surface area contributed by atoms with E-state index in [9.17, 15) is 0 Å². The maximum Gasteiger partial charge on any atom is 0.0565 e. The number of rotatable bonds is 4. The molecule has 1 heterocycles. The van der Waals surface area contributed by atoms with E-state index in [-0.39, 0.29) is 0 Å². The van der Waals surface area contributed by atoms with Crippen molar-refractivity contribution >= 4 is 0 Å². The molecule has 2 fully saturated rings. The Morgan fingerprint density at radius 1 is 1.13 bits per heavy atom. The van der Waals surface area contributed by atoms with Crippen LogP contribution in [0.15, 0.2) is 0 Å². The Bertz CT molecular complexity index is 197. The fraction of sp³-hybridized carbons (Fsp3) is 1.00. The summed E-state index contributed by atoms with van der Waals surface area (Å²) < 4.78 is 5.75. The van der Waals surface area contributed by atoms with E-state index in [1.807, 2.05) is 0 Å². The minimum absolute atomic E-state index is 0.439. The molecular weight excluding hydrogens is 186 g/mol. The van der Waals surface area contributed by atoms with Gasteiger partial charge in [0.05, 0.1) is 12.2 Å². The summed E-state index contributed by atoms with van der Waals surface area (Å²) in [6.45, 7) is 6.68. The minimum Gasteiger partial charge on any atom is -0.375 e. The van der Waals surface area contributed by atoms with E-state index in [0.717, 1.165) is 12.0 Å². The number of hydrogen-bond acceptors (Lipinski definition) is 2. The topological polar surface area (TPSA) is 21.3 Å². The predicted molar refractivity (Wildman–Crippen MR) is 63.0 cm³/mol. The second-order valence-corrected chi connectivity index (χ2v) is 5.48. The van der Waals surface area contributed by atoms with Gasteiger partial charge >= 0.3 is 0 Å². The Balaban J connectivity index is 1.71. The maximum atomic E-state index is 5.75. The molecule has 1 saturated carbocycles. The first-order chi connectivity index (χ1) is 7.19. The zero-order chi connectivity index (χ0) is 10.8. The summed E-state index contributed by atoms with van der Waals surface area (Å²) in [7, 11) is 0. The third-order valence-electron chi connectivity index (χ3n) is 3.73. The lowest BCUT2D eigenvalue weighted by atomic mass is 10.00. The first-order valence-corrected chi connectivity index (χ1v) is 6.60. The van der Waals surface area contributed by atoms with Crippen molar-refractivity contribution in [2.75, 3.05) is 0 Å². The second-order valence-electron chi connectivity index (χ2n) is 5.48. The van der Waals surface area contributed by atoms with Crippen LogP contribution in [0.1, 0.15) is 52.9 Å². The zero-order valence-electron chi connectivity index (χ0n) is 10.3. The molecule has 1 aliphatic heterocycles. The minimum atomic E-state index is 0.439. The molecule has 2 aliphatic rings. The first kappa shape index (κ1) is 11.4. The van der Waals surface area contributed by atoms with Crippen LogP contribution in [-0.4, -0.2) is 24.3 Å². The molecule has 2 rings (SSSR count). The second kappa shape index (κ2) is 4.84. The van der Waals surface area contributed by atoms with Gasteiger partial charge in [-0.3, -0.25) is 0 Å². The molecule has 4 unspecified atom stereocenters. The van der Waals surface area contributed by atoms with E-state index in [1.54, 1.807) is 0 Å². The molecule has 1 N–H and O–H groups in total. The smallest absolute Gasteiger partial charge is 0.0565 e. The van der Waals surface area contributed by atoms with Gasteiger partial charge in [0.25, 0.3) is 0 Å². The van der Waals surface area contributed by atoms with Gasteiger partial charge in [-0.1, -0.05) is 13.3 Å². The Kier molecular flexibility index (Phi) is 3.68. The highest BCUT2D eigenvalue weighted by molar-refractivity contribution is 4.95. The van der Waals surface area contributed by atoms with E-state index < -0.39 is 0 Å². The van der Waals surface area contributed by atoms with E-state index in [2.05, 4.69) is 26.1 Å². The number of nitrogens with one attached hydrogen (secondary N) is 1. The van der Waals surface area contributed by atoms with Crippen LogP contribution in [0.3, 0.4) is 0 Å². The van der Waals surface area contributed by atoms with Crippen LogP contribution >= 0.6 is 0 Å². The van der Waals surface area contributed by atoms with Crippen molar-refractivity contribution in [2.45, 2.75) is 77.2 Å². The van der Waals surface area contributed by atoms with Crippen LogP contribution in [0.4, 0.5) is 0 Å². The summed E-state index contributed by atoms with van der Waals surface area (Å²) >= 11 is 0. The van der Waals surface area contributed by atoms with E-state index in [1.165, 1.54) is 32.1 Å². The van der Waals surface area contributed by atoms with Crippen molar-refractivity contribution < 1.29 is 4.74 Å². The molecule has 0 amide bonds. The van der Waals surface area contributed by atoms with Crippen LogP contribution in [0.25, 0.3) is 0 Å². The molecule has 0 aromatic carbocycles. The molecule has 4 atom stereocenters. The fourth-order valence-corrected chi connectivity index (χ4v) is 2.99. The Morgan fingerprint density at radius 3 is 2.40 bits per heavy atom. The average molecular weight is 211 g/mol. The highest BCUT2D eigenvalue weighted by Gasteiger charge is 2.38. The highest BCUT2D eigenvalue weighted by Crippen LogP contribution is 2.36. The molecule has 0 bridgehead atoms. The highest BCUT2D eigenvalue weighted by atomic mass is 16.5. The molecule has 15 heavy (non-hydrogen) atoms. The number of hydrogen-bond donors (Lipinski definition) is 1. The summed E-state index contributed by atoms with van der Waals surface area (Å²) in [6.07, 6.45) is 7.42. The van der Waals surface area contributed by atoms with Gasteiger partial charge in [-0.25, -0.2) is 0 Å². The molecule has 2 nitrogen and oxygen atoms in total. The summed E-state index contributed by atoms with van der Waals surface area (Å²) in [5.41, 5.74) is 0. The number of ether oxygens (including phenoxy) is 1. The van der Waals surface area contributed by atoms with Gasteiger partial charge in [0.1, 0.15) is 0 Å². The van der Waals surface area contributed by atoms with Gasteiger partial charge in [-0.15, -0.1) is 0 Å². The van der Waals surface area contributed by atoms with E-state index in [0.29, 0.717) is 18.2 Å². The molecular formula is C13H25NO. The van der Waals surface area contributed by atoms with Gasteiger partial charge in [-0.2, -0.15) is 0 Å². The molecule has 0 aromatic rings. The van der Waals surface area contributed by atoms with Gasteiger partial charge in [0.15, 0.2) is 0 Å². The van der Waals surface area contributed by atoms with Gasteiger partial charge in [0, 0.05) is 12.1 Å². The molecule has 0 radical (unpaired) electrons. The lowest BCUT2D eigenvalue weighted by Crippen LogP contribution is -2.42. The predicted octanol–water partition coefficient (Wildman–Crippen LogP) is 2.72. The van der Waals surface area contributed by atoms with Crippen molar-refractivity contribution in [3.05, 3.63) is 0 Å². The normalized spacial score (nSPS) is 45.4. The third kappa shape index (κ3) is 3.18. The summed E-state index contributed by atoms with van der Waals surface area (Å²) in [6, 6.07) is 1.53. The summed E-state index contributed by atoms with van der Waals surface area (Å²) in [5, 5.41) is 3.81. The molecule has 0 spiro atoms. The van der Waals surface area contributed by atoms with Crippen LogP contribution in [0.2, 0.25) is 0 Å². The van der Waals surface area contributed by atoms with Crippen molar-refractivity contribution in [3.63, 3.8) is 0 Å². The fourth-order valence-electron chi connectivity index (χ4n) is 2.99. The maximum absolute atomic E-state index is 5.75. The molecule has 1 saturated heterocycles. The third-order valence-corrected chi connectivity index (χ3v) is 3.73. The van der Waals surface area contributed by atoms with Crippen molar-refractivity contribution in [2.24, 2.45) is 5.92 Å². The van der Waals surface area contributed by atoms with Crippen molar-refractivity contribution in [1.29, 1.82) is 0 Å². The molecule has 2 heteroatoms. The standard InChI is InChI=1S/C13H25NO/c1-4-5-11-8-13(11)14-12-6-9(2)15-10(3)7-12/h9-14H,4-8H2,1-3H3. The SMILES string of the molecule is CCCC1CC1NC1CC(C)OC(C)C1. The average Bonchev–Trinajstić information content (AvgIpc) is 2.82. The van der Waals surface area contributed by atoms with E-state index in [4.69, 9.17) is 4.74 Å². The monoisotopic (exact) mass is 211 g/mol. The largest absolute Gasteiger partial charge is 0.375 e. The quantitative estimate of drug-likeness (QED) is 0.772.